The molecular formula is C11H18N2O2. The third-order valence-electron chi connectivity index (χ3n) is 2.35. The third kappa shape index (κ3) is 2.91. The number of methoxy groups -OCH3 is 1. The van der Waals surface area contributed by atoms with Crippen LogP contribution in [-0.4, -0.2) is 29.8 Å². The summed E-state index contributed by atoms with van der Waals surface area (Å²) < 4.78 is 5.17. The summed E-state index contributed by atoms with van der Waals surface area (Å²) in [6.07, 6.45) is 2.68. The average molecular weight is 210 g/mol. The Morgan fingerprint density at radius 1 is 1.60 bits per heavy atom. The number of aliphatic hydroxyl groups excluding tert-OH is 1. The van der Waals surface area contributed by atoms with Gasteiger partial charge in [-0.2, -0.15) is 0 Å². The van der Waals surface area contributed by atoms with Crippen molar-refractivity contribution in [1.29, 1.82) is 0 Å². The Bertz CT molecular complexity index is 304. The number of hydrogen-bond donors (Lipinski definition) is 2. The SMILES string of the molecule is CCNC(C)C(O)c1cnccc1OC. The quantitative estimate of drug-likeness (QED) is 0.764. The van der Waals surface area contributed by atoms with Crippen LogP contribution >= 0.6 is 0 Å². The van der Waals surface area contributed by atoms with E-state index in [9.17, 15) is 5.11 Å². The van der Waals surface area contributed by atoms with Crippen LogP contribution < -0.4 is 10.1 Å². The summed E-state index contributed by atoms with van der Waals surface area (Å²) in [5.41, 5.74) is 0.716. The van der Waals surface area contributed by atoms with Gasteiger partial charge in [0.05, 0.1) is 13.2 Å². The smallest absolute Gasteiger partial charge is 0.127 e. The van der Waals surface area contributed by atoms with Crippen molar-refractivity contribution < 1.29 is 9.84 Å². The molecule has 0 aliphatic carbocycles. The summed E-state index contributed by atoms with van der Waals surface area (Å²) >= 11 is 0. The number of rotatable bonds is 5. The van der Waals surface area contributed by atoms with Crippen LogP contribution in [-0.2, 0) is 0 Å². The molecule has 84 valence electrons. The van der Waals surface area contributed by atoms with Gasteiger partial charge in [0, 0.05) is 24.0 Å². The lowest BCUT2D eigenvalue weighted by atomic mass is 10.0. The first-order chi connectivity index (χ1) is 7.20. The van der Waals surface area contributed by atoms with Crippen molar-refractivity contribution in [2.45, 2.75) is 26.0 Å². The molecule has 2 unspecified atom stereocenters. The van der Waals surface area contributed by atoms with E-state index >= 15 is 0 Å². The van der Waals surface area contributed by atoms with E-state index in [2.05, 4.69) is 10.3 Å². The van der Waals surface area contributed by atoms with Crippen molar-refractivity contribution in [3.63, 3.8) is 0 Å². The lowest BCUT2D eigenvalue weighted by molar-refractivity contribution is 0.133. The van der Waals surface area contributed by atoms with Crippen LogP contribution in [0.25, 0.3) is 0 Å². The van der Waals surface area contributed by atoms with Gasteiger partial charge in [-0.25, -0.2) is 0 Å². The molecule has 0 radical (unpaired) electrons. The second kappa shape index (κ2) is 5.68. The topological polar surface area (TPSA) is 54.4 Å². The molecule has 0 aromatic carbocycles. The van der Waals surface area contributed by atoms with Crippen LogP contribution in [0.3, 0.4) is 0 Å². The fourth-order valence-electron chi connectivity index (χ4n) is 1.50. The number of likely N-dealkylation sites (N-methyl/N-ethyl adjacent to an activating group) is 1. The Morgan fingerprint density at radius 3 is 2.93 bits per heavy atom. The van der Waals surface area contributed by atoms with Crippen LogP contribution in [0.1, 0.15) is 25.5 Å². The maximum absolute atomic E-state index is 10.0. The summed E-state index contributed by atoms with van der Waals surface area (Å²) in [4.78, 5) is 3.99. The largest absolute Gasteiger partial charge is 0.496 e. The fraction of sp³-hybridized carbons (Fsp3) is 0.545. The van der Waals surface area contributed by atoms with E-state index in [4.69, 9.17) is 4.74 Å². The molecule has 0 aliphatic heterocycles. The predicted octanol–water partition coefficient (Wildman–Crippen LogP) is 1.12. The normalized spacial score (nSPS) is 14.7. The number of nitrogens with zero attached hydrogens (tertiary/aromatic N) is 1. The van der Waals surface area contributed by atoms with E-state index < -0.39 is 6.10 Å². The fourth-order valence-corrected chi connectivity index (χ4v) is 1.50. The number of nitrogens with one attached hydrogen (secondary N) is 1. The van der Waals surface area contributed by atoms with E-state index in [1.807, 2.05) is 13.8 Å². The van der Waals surface area contributed by atoms with Gasteiger partial charge in [0.1, 0.15) is 5.75 Å². The minimum atomic E-state index is -0.603. The van der Waals surface area contributed by atoms with E-state index in [1.54, 1.807) is 25.6 Å². The molecule has 1 aromatic rings. The lowest BCUT2D eigenvalue weighted by Gasteiger charge is -2.21. The molecule has 0 fully saturated rings. The number of pyridine rings is 1. The Morgan fingerprint density at radius 2 is 2.33 bits per heavy atom. The van der Waals surface area contributed by atoms with Gasteiger partial charge in [-0.1, -0.05) is 6.92 Å². The van der Waals surface area contributed by atoms with Gasteiger partial charge < -0.3 is 15.2 Å². The molecule has 0 saturated heterocycles. The summed E-state index contributed by atoms with van der Waals surface area (Å²) in [6, 6.07) is 1.73. The van der Waals surface area contributed by atoms with Crippen molar-refractivity contribution in [3.8, 4) is 5.75 Å². The van der Waals surface area contributed by atoms with Crippen LogP contribution in [0.15, 0.2) is 18.5 Å². The molecule has 0 spiro atoms. The van der Waals surface area contributed by atoms with Crippen LogP contribution in [0.4, 0.5) is 0 Å². The van der Waals surface area contributed by atoms with Gasteiger partial charge in [-0.05, 0) is 19.5 Å². The number of hydrogen-bond acceptors (Lipinski definition) is 4. The Hall–Kier alpha value is -1.13. The van der Waals surface area contributed by atoms with Gasteiger partial charge >= 0.3 is 0 Å². The van der Waals surface area contributed by atoms with Gasteiger partial charge in [0.2, 0.25) is 0 Å². The summed E-state index contributed by atoms with van der Waals surface area (Å²) in [5, 5.41) is 13.2. The van der Waals surface area contributed by atoms with Gasteiger partial charge in [-0.3, -0.25) is 4.98 Å². The second-order valence-electron chi connectivity index (χ2n) is 3.41. The van der Waals surface area contributed by atoms with Gasteiger partial charge in [0.15, 0.2) is 0 Å². The highest BCUT2D eigenvalue weighted by molar-refractivity contribution is 5.32. The molecule has 2 atom stereocenters. The monoisotopic (exact) mass is 210 g/mol. The third-order valence-corrected chi connectivity index (χ3v) is 2.35. The maximum atomic E-state index is 10.0. The van der Waals surface area contributed by atoms with Crippen molar-refractivity contribution in [3.05, 3.63) is 24.0 Å². The first kappa shape index (κ1) is 11.9. The predicted molar refractivity (Wildman–Crippen MR) is 58.9 cm³/mol. The highest BCUT2D eigenvalue weighted by atomic mass is 16.5. The van der Waals surface area contributed by atoms with Crippen molar-refractivity contribution in [2.75, 3.05) is 13.7 Å². The van der Waals surface area contributed by atoms with Crippen LogP contribution in [0, 0.1) is 0 Å². The van der Waals surface area contributed by atoms with Gasteiger partial charge in [-0.15, -0.1) is 0 Å². The van der Waals surface area contributed by atoms with Crippen molar-refractivity contribution in [2.24, 2.45) is 0 Å². The zero-order chi connectivity index (χ0) is 11.3. The zero-order valence-corrected chi connectivity index (χ0v) is 9.40. The summed E-state index contributed by atoms with van der Waals surface area (Å²) in [7, 11) is 1.59. The first-order valence-corrected chi connectivity index (χ1v) is 5.10. The Balaban J connectivity index is 2.84. The first-order valence-electron chi connectivity index (χ1n) is 5.10. The highest BCUT2D eigenvalue weighted by Gasteiger charge is 2.19. The summed E-state index contributed by atoms with van der Waals surface area (Å²) in [6.45, 7) is 4.76. The molecule has 0 amide bonds. The lowest BCUT2D eigenvalue weighted by Crippen LogP contribution is -2.32. The second-order valence-corrected chi connectivity index (χ2v) is 3.41. The van der Waals surface area contributed by atoms with E-state index in [0.717, 1.165) is 6.54 Å². The number of aliphatic hydroxyl groups is 1. The molecule has 1 heterocycles. The van der Waals surface area contributed by atoms with Gasteiger partial charge in [0.25, 0.3) is 0 Å². The molecule has 4 heteroatoms. The highest BCUT2D eigenvalue weighted by Crippen LogP contribution is 2.25. The van der Waals surface area contributed by atoms with Crippen molar-refractivity contribution in [1.82, 2.24) is 10.3 Å². The summed E-state index contributed by atoms with van der Waals surface area (Å²) in [5.74, 6) is 0.669. The molecule has 0 bridgehead atoms. The van der Waals surface area contributed by atoms with E-state index in [0.29, 0.717) is 11.3 Å². The minimum Gasteiger partial charge on any atom is -0.496 e. The number of aromatic nitrogens is 1. The molecule has 4 nitrogen and oxygen atoms in total. The minimum absolute atomic E-state index is 0.0203. The molecule has 1 rings (SSSR count). The molecule has 0 aliphatic rings. The van der Waals surface area contributed by atoms with E-state index in [1.165, 1.54) is 0 Å². The molecule has 15 heavy (non-hydrogen) atoms. The van der Waals surface area contributed by atoms with Crippen LogP contribution in [0.5, 0.6) is 5.75 Å². The van der Waals surface area contributed by atoms with E-state index in [-0.39, 0.29) is 6.04 Å². The maximum Gasteiger partial charge on any atom is 0.127 e. The number of ether oxygens (including phenoxy) is 1. The molecule has 2 N–H and O–H groups in total. The Labute approximate surface area is 90.3 Å². The molecule has 0 saturated carbocycles. The van der Waals surface area contributed by atoms with Crippen molar-refractivity contribution >= 4 is 0 Å². The molecule has 1 aromatic heterocycles. The zero-order valence-electron chi connectivity index (χ0n) is 9.40. The van der Waals surface area contributed by atoms with Crippen LogP contribution in [0.2, 0.25) is 0 Å². The average Bonchev–Trinajstić information content (AvgIpc) is 2.28. The standard InChI is InChI=1S/C11H18N2O2/c1-4-13-8(2)11(14)9-7-12-6-5-10(9)15-3/h5-8,11,13-14H,4H2,1-3H3. The Kier molecular flexibility index (Phi) is 4.52. The molecular weight excluding hydrogens is 192 g/mol.